The minimum absolute atomic E-state index is 0.0260. The van der Waals surface area contributed by atoms with Gasteiger partial charge in [0, 0.05) is 25.4 Å². The third-order valence-corrected chi connectivity index (χ3v) is 4.21. The van der Waals surface area contributed by atoms with E-state index in [1.165, 1.54) is 21.6 Å². The van der Waals surface area contributed by atoms with Crippen LogP contribution in [0.1, 0.15) is 34.9 Å². The Morgan fingerprint density at radius 2 is 2.30 bits per heavy atom. The summed E-state index contributed by atoms with van der Waals surface area (Å²) < 4.78 is 0. The van der Waals surface area contributed by atoms with E-state index in [1.807, 2.05) is 0 Å². The van der Waals surface area contributed by atoms with E-state index in [0.29, 0.717) is 11.6 Å². The Bertz CT molecular complexity index is 557. The highest BCUT2D eigenvalue weighted by molar-refractivity contribution is 7.09. The fourth-order valence-corrected chi connectivity index (χ4v) is 2.82. The third kappa shape index (κ3) is 2.96. The van der Waals surface area contributed by atoms with E-state index in [0.717, 1.165) is 0 Å². The molecule has 20 heavy (non-hydrogen) atoms. The fourth-order valence-electron chi connectivity index (χ4n) is 2.02. The van der Waals surface area contributed by atoms with Crippen molar-refractivity contribution in [3.63, 3.8) is 0 Å². The van der Waals surface area contributed by atoms with E-state index in [4.69, 9.17) is 5.11 Å². The molecule has 0 spiro atoms. The van der Waals surface area contributed by atoms with Crippen molar-refractivity contribution < 1.29 is 19.5 Å². The quantitative estimate of drug-likeness (QED) is 0.843. The molecule has 0 bridgehead atoms. The van der Waals surface area contributed by atoms with Crippen LogP contribution in [0, 0.1) is 5.92 Å². The lowest BCUT2D eigenvalue weighted by molar-refractivity contribution is -0.128. The topological polar surface area (TPSA) is 99.6 Å². The molecule has 1 aromatic rings. The smallest absolute Gasteiger partial charge is 0.355 e. The maximum absolute atomic E-state index is 12.0. The first-order chi connectivity index (χ1) is 9.38. The van der Waals surface area contributed by atoms with Gasteiger partial charge in [0.2, 0.25) is 11.8 Å². The van der Waals surface area contributed by atoms with Gasteiger partial charge < -0.3 is 15.3 Å². The van der Waals surface area contributed by atoms with E-state index < -0.39 is 5.97 Å². The van der Waals surface area contributed by atoms with Crippen molar-refractivity contribution in [3.05, 3.63) is 16.1 Å². The average molecular weight is 297 g/mol. The Morgan fingerprint density at radius 3 is 2.80 bits per heavy atom. The van der Waals surface area contributed by atoms with Gasteiger partial charge in [-0.3, -0.25) is 9.59 Å². The summed E-state index contributed by atoms with van der Waals surface area (Å²) in [5, 5.41) is 13.5. The van der Waals surface area contributed by atoms with Gasteiger partial charge in [-0.2, -0.15) is 0 Å². The number of carboxylic acid groups (broad SMARTS) is 1. The van der Waals surface area contributed by atoms with Crippen LogP contribution in [0.2, 0.25) is 0 Å². The molecule has 2 unspecified atom stereocenters. The number of carboxylic acids is 1. The summed E-state index contributed by atoms with van der Waals surface area (Å²) in [7, 11) is 1.67. The normalized spacial score (nSPS) is 20.0. The summed E-state index contributed by atoms with van der Waals surface area (Å²) in [5.41, 5.74) is -0.0260. The number of hydrogen-bond acceptors (Lipinski definition) is 5. The van der Waals surface area contributed by atoms with Crippen LogP contribution in [0.15, 0.2) is 5.38 Å². The SMILES string of the molecule is CC(NC(=O)C1CC(=O)N(C)C1)c1nc(C(=O)O)cs1. The van der Waals surface area contributed by atoms with Crippen LogP contribution in [0.25, 0.3) is 0 Å². The lowest BCUT2D eigenvalue weighted by atomic mass is 10.1. The first kappa shape index (κ1) is 14.4. The van der Waals surface area contributed by atoms with Crippen LogP contribution in [-0.4, -0.2) is 46.4 Å². The number of aromatic carboxylic acids is 1. The second-order valence-electron chi connectivity index (χ2n) is 4.78. The van der Waals surface area contributed by atoms with E-state index >= 15 is 0 Å². The summed E-state index contributed by atoms with van der Waals surface area (Å²) >= 11 is 1.19. The lowest BCUT2D eigenvalue weighted by Crippen LogP contribution is -2.34. The van der Waals surface area contributed by atoms with Crippen molar-refractivity contribution in [2.75, 3.05) is 13.6 Å². The summed E-state index contributed by atoms with van der Waals surface area (Å²) in [6, 6.07) is -0.374. The molecule has 1 aromatic heterocycles. The molecule has 7 nitrogen and oxygen atoms in total. The van der Waals surface area contributed by atoms with Gasteiger partial charge in [-0.05, 0) is 6.92 Å². The van der Waals surface area contributed by atoms with Crippen molar-refractivity contribution in [2.45, 2.75) is 19.4 Å². The number of nitrogens with one attached hydrogen (secondary N) is 1. The summed E-state index contributed by atoms with van der Waals surface area (Å²) in [5.74, 6) is -1.69. The largest absolute Gasteiger partial charge is 0.476 e. The van der Waals surface area contributed by atoms with Gasteiger partial charge >= 0.3 is 5.97 Å². The predicted octanol–water partition coefficient (Wildman–Crippen LogP) is 0.497. The molecule has 0 aliphatic carbocycles. The molecule has 108 valence electrons. The molecule has 1 saturated heterocycles. The molecule has 8 heteroatoms. The number of aromatic nitrogens is 1. The highest BCUT2D eigenvalue weighted by atomic mass is 32.1. The molecule has 1 fully saturated rings. The molecule has 0 radical (unpaired) electrons. The molecule has 0 saturated carbocycles. The second kappa shape index (κ2) is 5.58. The van der Waals surface area contributed by atoms with Gasteiger partial charge in [0.1, 0.15) is 5.01 Å². The standard InChI is InChI=1S/C12H15N3O4S/c1-6(11-14-8(5-20-11)12(18)19)13-10(17)7-3-9(16)15(2)4-7/h5-7H,3-4H2,1-2H3,(H,13,17)(H,18,19). The zero-order valence-corrected chi connectivity index (χ0v) is 11.9. The van der Waals surface area contributed by atoms with Gasteiger partial charge in [-0.25, -0.2) is 9.78 Å². The number of nitrogens with zero attached hydrogens (tertiary/aromatic N) is 2. The summed E-state index contributed by atoms with van der Waals surface area (Å²) in [6.07, 6.45) is 0.216. The lowest BCUT2D eigenvalue weighted by Gasteiger charge is -2.15. The highest BCUT2D eigenvalue weighted by Crippen LogP contribution is 2.21. The predicted molar refractivity (Wildman–Crippen MR) is 71.4 cm³/mol. The maximum Gasteiger partial charge on any atom is 0.355 e. The number of likely N-dealkylation sites (tertiary alicyclic amines) is 1. The van der Waals surface area contributed by atoms with Crippen molar-refractivity contribution >= 4 is 29.1 Å². The zero-order valence-electron chi connectivity index (χ0n) is 11.1. The van der Waals surface area contributed by atoms with Crippen molar-refractivity contribution in [2.24, 2.45) is 5.92 Å². The fraction of sp³-hybridized carbons (Fsp3) is 0.500. The van der Waals surface area contributed by atoms with Gasteiger partial charge in [0.15, 0.2) is 5.69 Å². The number of thiazole rings is 1. The van der Waals surface area contributed by atoms with E-state index in [2.05, 4.69) is 10.3 Å². The van der Waals surface area contributed by atoms with Crippen molar-refractivity contribution in [1.82, 2.24) is 15.2 Å². The molecule has 0 aromatic carbocycles. The van der Waals surface area contributed by atoms with Crippen molar-refractivity contribution in [3.8, 4) is 0 Å². The molecular formula is C12H15N3O4S. The van der Waals surface area contributed by atoms with Gasteiger partial charge in [0.05, 0.1) is 12.0 Å². The van der Waals surface area contributed by atoms with Crippen molar-refractivity contribution in [1.29, 1.82) is 0 Å². The van der Waals surface area contributed by atoms with E-state index in [9.17, 15) is 14.4 Å². The van der Waals surface area contributed by atoms with Gasteiger partial charge in [-0.1, -0.05) is 0 Å². The van der Waals surface area contributed by atoms with Crippen LogP contribution < -0.4 is 5.32 Å². The Morgan fingerprint density at radius 1 is 1.60 bits per heavy atom. The number of amides is 2. The molecule has 2 N–H and O–H groups in total. The first-order valence-electron chi connectivity index (χ1n) is 6.11. The molecule has 2 rings (SSSR count). The minimum Gasteiger partial charge on any atom is -0.476 e. The van der Waals surface area contributed by atoms with Crippen LogP contribution >= 0.6 is 11.3 Å². The molecule has 2 amide bonds. The highest BCUT2D eigenvalue weighted by Gasteiger charge is 2.32. The Balaban J connectivity index is 1.97. The second-order valence-corrected chi connectivity index (χ2v) is 5.67. The van der Waals surface area contributed by atoms with Crippen LogP contribution in [-0.2, 0) is 9.59 Å². The Labute approximate surface area is 119 Å². The maximum atomic E-state index is 12.0. The Kier molecular flexibility index (Phi) is 4.03. The van der Waals surface area contributed by atoms with Crippen LogP contribution in [0.3, 0.4) is 0 Å². The van der Waals surface area contributed by atoms with Gasteiger partial charge in [0.25, 0.3) is 0 Å². The summed E-state index contributed by atoms with van der Waals surface area (Å²) in [4.78, 5) is 39.7. The number of rotatable bonds is 4. The molecule has 1 aliphatic heterocycles. The molecule has 2 heterocycles. The van der Waals surface area contributed by atoms with Gasteiger partial charge in [-0.15, -0.1) is 11.3 Å². The number of carbonyl (C=O) groups excluding carboxylic acids is 2. The zero-order chi connectivity index (χ0) is 14.9. The molecule has 1 aliphatic rings. The number of carbonyl (C=O) groups is 3. The number of hydrogen-bond donors (Lipinski definition) is 2. The third-order valence-electron chi connectivity index (χ3n) is 3.18. The minimum atomic E-state index is -1.09. The van der Waals surface area contributed by atoms with E-state index in [-0.39, 0.29) is 35.9 Å². The summed E-state index contributed by atoms with van der Waals surface area (Å²) in [6.45, 7) is 2.15. The Hall–Kier alpha value is -1.96. The average Bonchev–Trinajstić information content (AvgIpc) is 2.97. The van der Waals surface area contributed by atoms with Crippen LogP contribution in [0.4, 0.5) is 0 Å². The van der Waals surface area contributed by atoms with E-state index in [1.54, 1.807) is 14.0 Å². The first-order valence-corrected chi connectivity index (χ1v) is 6.99. The molecule has 2 atom stereocenters. The van der Waals surface area contributed by atoms with Crippen LogP contribution in [0.5, 0.6) is 0 Å². The monoisotopic (exact) mass is 297 g/mol. The molecular weight excluding hydrogens is 282 g/mol.